The van der Waals surface area contributed by atoms with Crippen LogP contribution in [0.3, 0.4) is 0 Å². The minimum Gasteiger partial charge on any atom is -0.374 e. The molecule has 0 spiro atoms. The molecule has 1 aliphatic heterocycles. The molecule has 1 aromatic rings. The van der Waals surface area contributed by atoms with E-state index in [1.54, 1.807) is 19.0 Å². The number of anilines is 2. The summed E-state index contributed by atoms with van der Waals surface area (Å²) >= 11 is 9.28. The van der Waals surface area contributed by atoms with Gasteiger partial charge in [-0.05, 0) is 35.2 Å². The van der Waals surface area contributed by atoms with Gasteiger partial charge in [0, 0.05) is 32.5 Å². The minimum absolute atomic E-state index is 0.0210. The van der Waals surface area contributed by atoms with E-state index in [1.165, 1.54) is 0 Å². The fraction of sp³-hybridized carbons (Fsp3) is 0.500. The summed E-state index contributed by atoms with van der Waals surface area (Å²) in [5, 5.41) is 10.8. The highest BCUT2D eigenvalue weighted by Gasteiger charge is 2.25. The van der Waals surface area contributed by atoms with E-state index in [1.807, 2.05) is 0 Å². The summed E-state index contributed by atoms with van der Waals surface area (Å²) in [6, 6.07) is 0. The number of nitrogens with one attached hydrogen (secondary N) is 2. The van der Waals surface area contributed by atoms with Gasteiger partial charge in [-0.25, -0.2) is 4.39 Å². The van der Waals surface area contributed by atoms with Gasteiger partial charge in [0.05, 0.1) is 20.9 Å². The Morgan fingerprint density at radius 2 is 2.19 bits per heavy atom. The number of ether oxygens (including phenoxy) is 1. The number of halogens is 3. The van der Waals surface area contributed by atoms with Crippen LogP contribution in [0.15, 0.2) is 4.47 Å². The predicted molar refractivity (Wildman–Crippen MR) is 88.5 cm³/mol. The van der Waals surface area contributed by atoms with Crippen LogP contribution < -0.4 is 10.2 Å². The highest BCUT2D eigenvalue weighted by atomic mass is 79.9. The molecule has 0 aliphatic carbocycles. The molecule has 1 unspecified atom stereocenters. The number of rotatable bonds is 4. The van der Waals surface area contributed by atoms with E-state index in [0.717, 1.165) is 25.5 Å². The largest absolute Gasteiger partial charge is 0.374 e. The van der Waals surface area contributed by atoms with Crippen molar-refractivity contribution < 1.29 is 9.13 Å². The van der Waals surface area contributed by atoms with Crippen LogP contribution in [-0.2, 0) is 4.74 Å². The van der Waals surface area contributed by atoms with Gasteiger partial charge in [0.2, 0.25) is 0 Å². The van der Waals surface area contributed by atoms with Crippen molar-refractivity contribution in [3.63, 3.8) is 0 Å². The van der Waals surface area contributed by atoms with Gasteiger partial charge in [0.15, 0.2) is 5.82 Å². The fourth-order valence-electron chi connectivity index (χ4n) is 2.38. The molecular weight excluding hydrogens is 361 g/mol. The van der Waals surface area contributed by atoms with Crippen molar-refractivity contribution in [2.45, 2.75) is 25.5 Å². The number of hydrogen-bond donors (Lipinski definition) is 2. The van der Waals surface area contributed by atoms with Gasteiger partial charge in [0.25, 0.3) is 0 Å². The zero-order chi connectivity index (χ0) is 15.6. The molecule has 2 rings (SSSR count). The van der Waals surface area contributed by atoms with E-state index in [2.05, 4.69) is 21.2 Å². The van der Waals surface area contributed by atoms with Crippen molar-refractivity contribution in [2.75, 3.05) is 30.9 Å². The smallest absolute Gasteiger partial charge is 0.168 e. The third-order valence-corrected chi connectivity index (χ3v) is 4.82. The average molecular weight is 379 g/mol. The van der Waals surface area contributed by atoms with Crippen molar-refractivity contribution in [3.8, 4) is 0 Å². The SMILES string of the molecule is CN(C)c1c(F)c(Cl)c(Br)c(C=N)c1NC1CCCCO1. The van der Waals surface area contributed by atoms with Gasteiger partial charge in [0.1, 0.15) is 6.23 Å². The van der Waals surface area contributed by atoms with Crippen LogP contribution in [0, 0.1) is 11.2 Å². The van der Waals surface area contributed by atoms with Gasteiger partial charge in [-0.3, -0.25) is 0 Å². The number of benzene rings is 1. The van der Waals surface area contributed by atoms with Crippen molar-refractivity contribution >= 4 is 45.1 Å². The Morgan fingerprint density at radius 1 is 1.48 bits per heavy atom. The topological polar surface area (TPSA) is 48.4 Å². The zero-order valence-electron chi connectivity index (χ0n) is 12.0. The van der Waals surface area contributed by atoms with Crippen LogP contribution in [0.1, 0.15) is 24.8 Å². The van der Waals surface area contributed by atoms with Crippen LogP contribution in [0.4, 0.5) is 15.8 Å². The molecule has 0 aromatic heterocycles. The maximum absolute atomic E-state index is 14.5. The monoisotopic (exact) mass is 377 g/mol. The molecule has 116 valence electrons. The highest BCUT2D eigenvalue weighted by Crippen LogP contribution is 2.42. The zero-order valence-corrected chi connectivity index (χ0v) is 14.3. The van der Waals surface area contributed by atoms with Crippen LogP contribution in [-0.4, -0.2) is 33.1 Å². The Bertz CT molecular complexity index is 548. The first-order valence-electron chi connectivity index (χ1n) is 6.73. The lowest BCUT2D eigenvalue weighted by atomic mass is 10.1. The molecule has 0 saturated carbocycles. The van der Waals surface area contributed by atoms with Crippen molar-refractivity contribution in [1.82, 2.24) is 0 Å². The molecule has 2 N–H and O–H groups in total. The Kier molecular flexibility index (Phi) is 5.46. The molecule has 0 bridgehead atoms. The van der Waals surface area contributed by atoms with Crippen molar-refractivity contribution in [1.29, 1.82) is 5.41 Å². The second-order valence-electron chi connectivity index (χ2n) is 5.12. The summed E-state index contributed by atoms with van der Waals surface area (Å²) in [4.78, 5) is 1.64. The first kappa shape index (κ1) is 16.5. The predicted octanol–water partition coefficient (Wildman–Crippen LogP) is 4.24. The van der Waals surface area contributed by atoms with Gasteiger partial charge in [-0.15, -0.1) is 0 Å². The molecule has 7 heteroatoms. The van der Waals surface area contributed by atoms with E-state index in [4.69, 9.17) is 21.7 Å². The standard InChI is InChI=1S/C14H18BrClFN3O/c1-20(2)14-12(17)11(16)10(15)8(7-18)13(14)19-9-5-3-4-6-21-9/h7,9,18-19H,3-6H2,1-2H3. The van der Waals surface area contributed by atoms with E-state index >= 15 is 0 Å². The third-order valence-electron chi connectivity index (χ3n) is 3.41. The first-order chi connectivity index (χ1) is 9.97. The van der Waals surface area contributed by atoms with Crippen LogP contribution >= 0.6 is 27.5 Å². The molecule has 4 nitrogen and oxygen atoms in total. The van der Waals surface area contributed by atoms with E-state index in [-0.39, 0.29) is 11.3 Å². The van der Waals surface area contributed by atoms with Gasteiger partial charge < -0.3 is 20.4 Å². The number of hydrogen-bond acceptors (Lipinski definition) is 4. The van der Waals surface area contributed by atoms with Gasteiger partial charge >= 0.3 is 0 Å². The Labute approximate surface area is 137 Å². The van der Waals surface area contributed by atoms with Crippen LogP contribution in [0.25, 0.3) is 0 Å². The molecule has 1 aliphatic rings. The summed E-state index contributed by atoms with van der Waals surface area (Å²) in [5.41, 5.74) is 1.37. The molecule has 1 fully saturated rings. The molecular formula is C14H18BrClFN3O. The van der Waals surface area contributed by atoms with E-state index in [9.17, 15) is 4.39 Å². The van der Waals surface area contributed by atoms with E-state index < -0.39 is 5.82 Å². The molecule has 1 atom stereocenters. The maximum Gasteiger partial charge on any atom is 0.168 e. The lowest BCUT2D eigenvalue weighted by molar-refractivity contribution is 0.0343. The van der Waals surface area contributed by atoms with E-state index in [0.29, 0.717) is 28.0 Å². The molecule has 1 saturated heterocycles. The summed E-state index contributed by atoms with van der Waals surface area (Å²) in [7, 11) is 3.48. The minimum atomic E-state index is -0.516. The summed E-state index contributed by atoms with van der Waals surface area (Å²) in [6.07, 6.45) is 3.93. The second kappa shape index (κ2) is 6.94. The Balaban J connectivity index is 2.52. The van der Waals surface area contributed by atoms with Crippen molar-refractivity contribution in [3.05, 3.63) is 20.9 Å². The lowest BCUT2D eigenvalue weighted by Crippen LogP contribution is -2.29. The van der Waals surface area contributed by atoms with Crippen LogP contribution in [0.2, 0.25) is 5.02 Å². The maximum atomic E-state index is 14.5. The normalized spacial score (nSPS) is 18.4. The second-order valence-corrected chi connectivity index (χ2v) is 6.29. The lowest BCUT2D eigenvalue weighted by Gasteiger charge is -2.29. The van der Waals surface area contributed by atoms with Crippen molar-refractivity contribution in [2.24, 2.45) is 0 Å². The summed E-state index contributed by atoms with van der Waals surface area (Å²) in [5.74, 6) is -0.516. The van der Waals surface area contributed by atoms with Gasteiger partial charge in [-0.2, -0.15) is 0 Å². The molecule has 21 heavy (non-hydrogen) atoms. The number of nitrogens with zero attached hydrogens (tertiary/aromatic N) is 1. The third kappa shape index (κ3) is 3.33. The first-order valence-corrected chi connectivity index (χ1v) is 7.90. The quantitative estimate of drug-likeness (QED) is 0.608. The molecule has 0 amide bonds. The average Bonchev–Trinajstić information content (AvgIpc) is 2.46. The molecule has 1 heterocycles. The molecule has 0 radical (unpaired) electrons. The highest BCUT2D eigenvalue weighted by molar-refractivity contribution is 9.10. The Morgan fingerprint density at radius 3 is 2.71 bits per heavy atom. The summed E-state index contributed by atoms with van der Waals surface area (Å²) in [6.45, 7) is 0.687. The Hall–Kier alpha value is -0.850. The summed E-state index contributed by atoms with van der Waals surface area (Å²) < 4.78 is 20.5. The van der Waals surface area contributed by atoms with Crippen LogP contribution in [0.5, 0.6) is 0 Å². The molecule has 1 aromatic carbocycles. The fourth-order valence-corrected chi connectivity index (χ4v) is 3.06. The van der Waals surface area contributed by atoms with Gasteiger partial charge in [-0.1, -0.05) is 11.6 Å².